The highest BCUT2D eigenvalue weighted by Crippen LogP contribution is 2.17. The fourth-order valence-corrected chi connectivity index (χ4v) is 2.36. The molecule has 0 atom stereocenters. The van der Waals surface area contributed by atoms with Gasteiger partial charge in [0.1, 0.15) is 0 Å². The molecule has 0 aromatic heterocycles. The Kier molecular flexibility index (Phi) is 5.26. The lowest BCUT2D eigenvalue weighted by molar-refractivity contribution is 0.0599. The molecular formula is C19H18O3. The van der Waals surface area contributed by atoms with E-state index in [1.165, 1.54) is 7.11 Å². The van der Waals surface area contributed by atoms with Gasteiger partial charge >= 0.3 is 5.97 Å². The van der Waals surface area contributed by atoms with Crippen molar-refractivity contribution in [2.75, 3.05) is 7.11 Å². The quantitative estimate of drug-likeness (QED) is 0.599. The third-order valence-corrected chi connectivity index (χ3v) is 3.53. The second-order valence-corrected chi connectivity index (χ2v) is 4.86. The van der Waals surface area contributed by atoms with Crippen LogP contribution in [0.4, 0.5) is 0 Å². The van der Waals surface area contributed by atoms with Gasteiger partial charge < -0.3 is 4.74 Å². The summed E-state index contributed by atoms with van der Waals surface area (Å²) in [5.41, 5.74) is 2.82. The Morgan fingerprint density at radius 3 is 2.36 bits per heavy atom. The molecule has 2 rings (SSSR count). The average molecular weight is 294 g/mol. The number of hydrogen-bond acceptors (Lipinski definition) is 3. The summed E-state index contributed by atoms with van der Waals surface area (Å²) in [6.45, 7) is 3.73. The Balaban J connectivity index is 2.15. The lowest BCUT2D eigenvalue weighted by Gasteiger charge is -2.08. The van der Waals surface area contributed by atoms with Gasteiger partial charge in [0, 0.05) is 12.0 Å². The third kappa shape index (κ3) is 3.50. The summed E-state index contributed by atoms with van der Waals surface area (Å²) in [7, 11) is 1.35. The molecule has 2 aromatic rings. The van der Waals surface area contributed by atoms with Crippen LogP contribution in [0.2, 0.25) is 0 Å². The van der Waals surface area contributed by atoms with Gasteiger partial charge in [0.2, 0.25) is 0 Å². The van der Waals surface area contributed by atoms with Crippen molar-refractivity contribution in [3.63, 3.8) is 0 Å². The third-order valence-electron chi connectivity index (χ3n) is 3.53. The van der Waals surface area contributed by atoms with Crippen molar-refractivity contribution >= 4 is 17.8 Å². The van der Waals surface area contributed by atoms with E-state index in [0.717, 1.165) is 11.1 Å². The van der Waals surface area contributed by atoms with Crippen molar-refractivity contribution in [3.8, 4) is 0 Å². The zero-order valence-corrected chi connectivity index (χ0v) is 12.5. The van der Waals surface area contributed by atoms with Crippen LogP contribution in [0.1, 0.15) is 38.3 Å². The van der Waals surface area contributed by atoms with Gasteiger partial charge in [0.15, 0.2) is 5.78 Å². The smallest absolute Gasteiger partial charge is 0.338 e. The van der Waals surface area contributed by atoms with Gasteiger partial charge in [0.25, 0.3) is 0 Å². The van der Waals surface area contributed by atoms with E-state index in [1.54, 1.807) is 24.3 Å². The Morgan fingerprint density at radius 2 is 1.68 bits per heavy atom. The predicted octanol–water partition coefficient (Wildman–Crippen LogP) is 3.93. The fourth-order valence-electron chi connectivity index (χ4n) is 2.36. The topological polar surface area (TPSA) is 43.4 Å². The standard InChI is InChI=1S/C19H18O3/c1-3-14-8-4-6-10-16(14)18(20)13-12-15-9-5-7-11-17(15)19(21)22-2/h3-11H,1,12-13H2,2H3. The lowest BCUT2D eigenvalue weighted by Crippen LogP contribution is -2.08. The summed E-state index contributed by atoms with van der Waals surface area (Å²) in [4.78, 5) is 24.1. The van der Waals surface area contributed by atoms with Crippen molar-refractivity contribution in [2.45, 2.75) is 12.8 Å². The van der Waals surface area contributed by atoms with Crippen LogP contribution in [-0.2, 0) is 11.2 Å². The van der Waals surface area contributed by atoms with Gasteiger partial charge in [0.05, 0.1) is 12.7 Å². The highest BCUT2D eigenvalue weighted by atomic mass is 16.5. The van der Waals surface area contributed by atoms with Crippen molar-refractivity contribution in [1.82, 2.24) is 0 Å². The normalized spacial score (nSPS) is 10.0. The second kappa shape index (κ2) is 7.36. The van der Waals surface area contributed by atoms with E-state index in [0.29, 0.717) is 24.0 Å². The summed E-state index contributed by atoms with van der Waals surface area (Å²) in [6.07, 6.45) is 2.50. The molecule has 0 saturated heterocycles. The number of benzene rings is 2. The molecule has 2 aromatic carbocycles. The summed E-state index contributed by atoms with van der Waals surface area (Å²) in [5.74, 6) is -0.343. The molecule has 0 fully saturated rings. The maximum atomic E-state index is 12.4. The molecule has 22 heavy (non-hydrogen) atoms. The van der Waals surface area contributed by atoms with Crippen molar-refractivity contribution < 1.29 is 14.3 Å². The number of rotatable bonds is 6. The molecule has 0 aliphatic heterocycles. The molecule has 0 amide bonds. The summed E-state index contributed by atoms with van der Waals surface area (Å²) < 4.78 is 4.77. The first-order valence-corrected chi connectivity index (χ1v) is 7.08. The van der Waals surface area contributed by atoms with Gasteiger partial charge in [-0.2, -0.15) is 0 Å². The van der Waals surface area contributed by atoms with Crippen LogP contribution >= 0.6 is 0 Å². The van der Waals surface area contributed by atoms with E-state index in [9.17, 15) is 9.59 Å². The Labute approximate surface area is 130 Å². The number of hydrogen-bond donors (Lipinski definition) is 0. The summed E-state index contributed by atoms with van der Waals surface area (Å²) >= 11 is 0. The highest BCUT2D eigenvalue weighted by Gasteiger charge is 2.14. The van der Waals surface area contributed by atoms with Crippen molar-refractivity contribution in [1.29, 1.82) is 0 Å². The maximum absolute atomic E-state index is 12.4. The fraction of sp³-hybridized carbons (Fsp3) is 0.158. The molecular weight excluding hydrogens is 276 g/mol. The Bertz CT molecular complexity index is 701. The molecule has 112 valence electrons. The van der Waals surface area contributed by atoms with Crippen LogP contribution in [0, 0.1) is 0 Å². The minimum absolute atomic E-state index is 0.0372. The van der Waals surface area contributed by atoms with Crippen LogP contribution in [0.25, 0.3) is 6.08 Å². The minimum Gasteiger partial charge on any atom is -0.465 e. The van der Waals surface area contributed by atoms with Gasteiger partial charge in [-0.15, -0.1) is 0 Å². The van der Waals surface area contributed by atoms with Gasteiger partial charge in [-0.1, -0.05) is 55.1 Å². The Morgan fingerprint density at radius 1 is 1.05 bits per heavy atom. The highest BCUT2D eigenvalue weighted by molar-refractivity contribution is 5.99. The maximum Gasteiger partial charge on any atom is 0.338 e. The van der Waals surface area contributed by atoms with E-state index < -0.39 is 0 Å². The Hall–Kier alpha value is -2.68. The molecule has 0 radical (unpaired) electrons. The molecule has 0 aliphatic rings. The molecule has 3 nitrogen and oxygen atoms in total. The summed E-state index contributed by atoms with van der Waals surface area (Å²) in [6, 6.07) is 14.6. The van der Waals surface area contributed by atoms with E-state index in [1.807, 2.05) is 30.3 Å². The van der Waals surface area contributed by atoms with Crippen LogP contribution in [0.15, 0.2) is 55.1 Å². The molecule has 0 unspecified atom stereocenters. The number of carbonyl (C=O) groups is 2. The number of aryl methyl sites for hydroxylation is 1. The number of carbonyl (C=O) groups excluding carboxylic acids is 2. The zero-order valence-electron chi connectivity index (χ0n) is 12.5. The zero-order chi connectivity index (χ0) is 15.9. The number of methoxy groups -OCH3 is 1. The first-order chi connectivity index (χ1) is 10.7. The number of ketones is 1. The van der Waals surface area contributed by atoms with E-state index >= 15 is 0 Å². The molecule has 0 bridgehead atoms. The molecule has 0 N–H and O–H groups in total. The van der Waals surface area contributed by atoms with Gasteiger partial charge in [-0.25, -0.2) is 4.79 Å². The number of Topliss-reactive ketones (excluding diaryl/α,β-unsaturated/α-hetero) is 1. The minimum atomic E-state index is -0.380. The van der Waals surface area contributed by atoms with E-state index in [4.69, 9.17) is 4.74 Å². The van der Waals surface area contributed by atoms with Crippen LogP contribution < -0.4 is 0 Å². The molecule has 0 aliphatic carbocycles. The van der Waals surface area contributed by atoms with E-state index in [-0.39, 0.29) is 11.8 Å². The molecule has 3 heteroatoms. The van der Waals surface area contributed by atoms with Crippen molar-refractivity contribution in [3.05, 3.63) is 77.4 Å². The molecule has 0 spiro atoms. The van der Waals surface area contributed by atoms with Crippen LogP contribution in [-0.4, -0.2) is 18.9 Å². The molecule has 0 saturated carbocycles. The molecule has 0 heterocycles. The predicted molar refractivity (Wildman–Crippen MR) is 87.0 cm³/mol. The first-order valence-electron chi connectivity index (χ1n) is 7.08. The van der Waals surface area contributed by atoms with Crippen LogP contribution in [0.3, 0.4) is 0 Å². The largest absolute Gasteiger partial charge is 0.465 e. The number of ether oxygens (including phenoxy) is 1. The first kappa shape index (κ1) is 15.7. The van der Waals surface area contributed by atoms with E-state index in [2.05, 4.69) is 6.58 Å². The summed E-state index contributed by atoms with van der Waals surface area (Å²) in [5, 5.41) is 0. The second-order valence-electron chi connectivity index (χ2n) is 4.86. The van der Waals surface area contributed by atoms with Crippen LogP contribution in [0.5, 0.6) is 0 Å². The SMILES string of the molecule is C=Cc1ccccc1C(=O)CCc1ccccc1C(=O)OC. The average Bonchev–Trinajstić information content (AvgIpc) is 2.59. The van der Waals surface area contributed by atoms with Gasteiger partial charge in [-0.3, -0.25) is 4.79 Å². The lowest BCUT2D eigenvalue weighted by atomic mass is 9.96. The monoisotopic (exact) mass is 294 g/mol. The number of esters is 1. The van der Waals surface area contributed by atoms with Crippen molar-refractivity contribution in [2.24, 2.45) is 0 Å². The van der Waals surface area contributed by atoms with Gasteiger partial charge in [-0.05, 0) is 23.6 Å².